The van der Waals surface area contributed by atoms with Gasteiger partial charge in [-0.3, -0.25) is 4.79 Å². The summed E-state index contributed by atoms with van der Waals surface area (Å²) in [4.78, 5) is 20.3. The lowest BCUT2D eigenvalue weighted by Gasteiger charge is -2.47. The Bertz CT molecular complexity index is 1110. The number of fused-ring (bicyclic) bond motifs is 1. The number of benzene rings is 2. The van der Waals surface area contributed by atoms with Crippen molar-refractivity contribution in [3.63, 3.8) is 0 Å². The molecule has 1 N–H and O–H groups in total. The first-order chi connectivity index (χ1) is 14.7. The van der Waals surface area contributed by atoms with Crippen LogP contribution >= 0.6 is 23.4 Å². The molecule has 162 valence electrons. The van der Waals surface area contributed by atoms with Crippen LogP contribution in [0.3, 0.4) is 0 Å². The van der Waals surface area contributed by atoms with Gasteiger partial charge in [0.15, 0.2) is 5.17 Å². The third-order valence-electron chi connectivity index (χ3n) is 6.07. The molecular formula is C25H28ClN3OS. The minimum absolute atomic E-state index is 0.120. The van der Waals surface area contributed by atoms with E-state index in [0.717, 1.165) is 29.8 Å². The zero-order valence-electron chi connectivity index (χ0n) is 18.6. The van der Waals surface area contributed by atoms with E-state index in [1.54, 1.807) is 0 Å². The highest BCUT2D eigenvalue weighted by Gasteiger charge is 2.35. The molecule has 1 amide bonds. The number of nitrogens with one attached hydrogen (secondary N) is 1. The summed E-state index contributed by atoms with van der Waals surface area (Å²) >= 11 is 7.46. The normalized spacial score (nSPS) is 22.7. The molecule has 2 aromatic rings. The standard InChI is InChI=1S/C25H28ClN3OS/c1-6-29-21-10-8-17(11-19(21)16(3)14-25(29,4)5)12-22-23(30)28-24(31-22)27-20-13-18(26)9-7-15(20)2/h7-13,16H,6,14H2,1-5H3,(H,27,28,30)/b22-12-/t16-/m1/s1. The Morgan fingerprint density at radius 2 is 2.06 bits per heavy atom. The Hall–Kier alpha value is -2.24. The largest absolute Gasteiger partial charge is 0.366 e. The number of amides is 1. The molecule has 2 heterocycles. The second-order valence-corrected chi connectivity index (χ2v) is 10.4. The fourth-order valence-corrected chi connectivity index (χ4v) is 5.64. The van der Waals surface area contributed by atoms with Gasteiger partial charge in [-0.1, -0.05) is 30.7 Å². The highest BCUT2D eigenvalue weighted by atomic mass is 35.5. The van der Waals surface area contributed by atoms with E-state index in [9.17, 15) is 4.79 Å². The number of hydrogen-bond acceptors (Lipinski definition) is 4. The van der Waals surface area contributed by atoms with Gasteiger partial charge in [-0.25, -0.2) is 4.99 Å². The van der Waals surface area contributed by atoms with E-state index in [1.807, 2.05) is 31.2 Å². The van der Waals surface area contributed by atoms with Gasteiger partial charge in [0.2, 0.25) is 0 Å². The molecule has 2 aliphatic heterocycles. The molecule has 0 radical (unpaired) electrons. The smallest absolute Gasteiger partial charge is 0.264 e. The molecule has 2 aliphatic rings. The molecule has 0 spiro atoms. The van der Waals surface area contributed by atoms with E-state index in [2.05, 4.69) is 61.1 Å². The van der Waals surface area contributed by atoms with Gasteiger partial charge < -0.3 is 10.2 Å². The van der Waals surface area contributed by atoms with Crippen molar-refractivity contribution < 1.29 is 4.79 Å². The molecule has 0 unspecified atom stereocenters. The maximum absolute atomic E-state index is 12.6. The number of aliphatic imine (C=N–C) groups is 1. The van der Waals surface area contributed by atoms with Crippen molar-refractivity contribution in [2.45, 2.75) is 52.5 Å². The van der Waals surface area contributed by atoms with Crippen LogP contribution in [0.1, 0.15) is 56.7 Å². The molecular weight excluding hydrogens is 426 g/mol. The number of aryl methyl sites for hydroxylation is 1. The first-order valence-electron chi connectivity index (χ1n) is 10.7. The van der Waals surface area contributed by atoms with Crippen LogP contribution in [-0.2, 0) is 4.79 Å². The fourth-order valence-electron chi connectivity index (χ4n) is 4.64. The average Bonchev–Trinajstić information content (AvgIpc) is 3.03. The molecule has 4 nitrogen and oxygen atoms in total. The molecule has 6 heteroatoms. The van der Waals surface area contributed by atoms with Gasteiger partial charge in [-0.05, 0) is 98.8 Å². The van der Waals surface area contributed by atoms with Crippen LogP contribution in [0, 0.1) is 6.92 Å². The van der Waals surface area contributed by atoms with Crippen molar-refractivity contribution in [3.8, 4) is 0 Å². The predicted octanol–water partition coefficient (Wildman–Crippen LogP) is 6.65. The van der Waals surface area contributed by atoms with Gasteiger partial charge in [0.25, 0.3) is 5.91 Å². The van der Waals surface area contributed by atoms with E-state index < -0.39 is 0 Å². The van der Waals surface area contributed by atoms with Crippen molar-refractivity contribution in [2.75, 3.05) is 11.4 Å². The predicted molar refractivity (Wildman–Crippen MR) is 134 cm³/mol. The van der Waals surface area contributed by atoms with E-state index in [-0.39, 0.29) is 11.4 Å². The number of halogens is 1. The van der Waals surface area contributed by atoms with Crippen LogP contribution < -0.4 is 10.2 Å². The number of anilines is 1. The zero-order valence-corrected chi connectivity index (χ0v) is 20.2. The first kappa shape index (κ1) is 22.0. The topological polar surface area (TPSA) is 44.7 Å². The molecule has 31 heavy (non-hydrogen) atoms. The maximum Gasteiger partial charge on any atom is 0.264 e. The Kier molecular flexibility index (Phi) is 5.93. The Balaban J connectivity index is 1.62. The number of rotatable bonds is 3. The fraction of sp³-hybridized carbons (Fsp3) is 0.360. The van der Waals surface area contributed by atoms with Crippen molar-refractivity contribution >= 4 is 51.9 Å². The number of carbonyl (C=O) groups excluding carboxylic acids is 1. The van der Waals surface area contributed by atoms with E-state index in [0.29, 0.717) is 21.0 Å². The summed E-state index contributed by atoms with van der Waals surface area (Å²) < 4.78 is 0. The molecule has 0 aliphatic carbocycles. The number of thioether (sulfide) groups is 1. The van der Waals surface area contributed by atoms with E-state index in [1.165, 1.54) is 23.0 Å². The van der Waals surface area contributed by atoms with Crippen molar-refractivity contribution in [1.29, 1.82) is 0 Å². The Morgan fingerprint density at radius 1 is 1.29 bits per heavy atom. The number of amidine groups is 1. The summed E-state index contributed by atoms with van der Waals surface area (Å²) in [6.07, 6.45) is 3.06. The second-order valence-electron chi connectivity index (χ2n) is 8.89. The lowest BCUT2D eigenvalue weighted by atomic mass is 9.79. The molecule has 0 bridgehead atoms. The summed E-state index contributed by atoms with van der Waals surface area (Å²) in [6.45, 7) is 12.1. The highest BCUT2D eigenvalue weighted by Crippen LogP contribution is 2.43. The molecule has 4 rings (SSSR count). The van der Waals surface area contributed by atoms with Gasteiger partial charge >= 0.3 is 0 Å². The minimum Gasteiger partial charge on any atom is -0.366 e. The maximum atomic E-state index is 12.6. The average molecular weight is 454 g/mol. The molecule has 2 aromatic carbocycles. The lowest BCUT2D eigenvalue weighted by molar-refractivity contribution is -0.115. The van der Waals surface area contributed by atoms with Crippen molar-refractivity contribution in [1.82, 2.24) is 5.32 Å². The third-order valence-corrected chi connectivity index (χ3v) is 7.21. The third kappa shape index (κ3) is 4.39. The SMILES string of the molecule is CCN1c2ccc(/C=C3\SC(=Nc4cc(Cl)ccc4C)NC3=O)cc2[C@H](C)CC1(C)C. The minimum atomic E-state index is -0.120. The first-order valence-corrected chi connectivity index (χ1v) is 11.8. The summed E-state index contributed by atoms with van der Waals surface area (Å²) in [6, 6.07) is 12.1. The van der Waals surface area contributed by atoms with Gasteiger partial charge in [-0.15, -0.1) is 0 Å². The number of nitrogens with zero attached hydrogens (tertiary/aromatic N) is 2. The van der Waals surface area contributed by atoms with Gasteiger partial charge in [0.1, 0.15) is 0 Å². The van der Waals surface area contributed by atoms with Crippen LogP contribution in [0.5, 0.6) is 0 Å². The molecule has 0 aromatic heterocycles. The monoisotopic (exact) mass is 453 g/mol. The zero-order chi connectivity index (χ0) is 22.3. The lowest BCUT2D eigenvalue weighted by Crippen LogP contribution is -2.48. The van der Waals surface area contributed by atoms with Gasteiger partial charge in [0, 0.05) is 22.8 Å². The molecule has 1 atom stereocenters. The van der Waals surface area contributed by atoms with Crippen LogP contribution in [0.25, 0.3) is 6.08 Å². The summed E-state index contributed by atoms with van der Waals surface area (Å²) in [7, 11) is 0. The molecule has 0 saturated carbocycles. The van der Waals surface area contributed by atoms with Crippen molar-refractivity contribution in [3.05, 3.63) is 63.0 Å². The van der Waals surface area contributed by atoms with Crippen LogP contribution in [-0.4, -0.2) is 23.2 Å². The number of hydrogen-bond donors (Lipinski definition) is 1. The Morgan fingerprint density at radius 3 is 2.81 bits per heavy atom. The van der Waals surface area contributed by atoms with Gasteiger partial charge in [0.05, 0.1) is 10.6 Å². The van der Waals surface area contributed by atoms with Crippen LogP contribution in [0.4, 0.5) is 11.4 Å². The van der Waals surface area contributed by atoms with Gasteiger partial charge in [-0.2, -0.15) is 0 Å². The van der Waals surface area contributed by atoms with Crippen LogP contribution in [0.2, 0.25) is 5.02 Å². The van der Waals surface area contributed by atoms with Crippen molar-refractivity contribution in [2.24, 2.45) is 4.99 Å². The summed E-state index contributed by atoms with van der Waals surface area (Å²) in [5.41, 5.74) is 5.61. The summed E-state index contributed by atoms with van der Waals surface area (Å²) in [5, 5.41) is 4.07. The highest BCUT2D eigenvalue weighted by molar-refractivity contribution is 8.18. The molecule has 1 fully saturated rings. The van der Waals surface area contributed by atoms with Crippen LogP contribution in [0.15, 0.2) is 46.3 Å². The van der Waals surface area contributed by atoms with E-state index in [4.69, 9.17) is 11.6 Å². The Labute approximate surface area is 193 Å². The second kappa shape index (κ2) is 8.36. The quantitative estimate of drug-likeness (QED) is 0.529. The summed E-state index contributed by atoms with van der Waals surface area (Å²) in [5.74, 6) is 0.352. The van der Waals surface area contributed by atoms with E-state index >= 15 is 0 Å². The molecule has 1 saturated heterocycles. The number of carbonyl (C=O) groups is 1.